The summed E-state index contributed by atoms with van der Waals surface area (Å²) in [7, 11) is 0. The lowest BCUT2D eigenvalue weighted by Crippen LogP contribution is -2.33. The smallest absolute Gasteiger partial charge is 0.308 e. The Morgan fingerprint density at radius 3 is 2.39 bits per heavy atom. The van der Waals surface area contributed by atoms with Gasteiger partial charge in [0, 0.05) is 6.04 Å². The van der Waals surface area contributed by atoms with Crippen molar-refractivity contribution in [3.63, 3.8) is 0 Å². The van der Waals surface area contributed by atoms with Gasteiger partial charge >= 0.3 is 6.18 Å². The van der Waals surface area contributed by atoms with E-state index in [9.17, 15) is 17.6 Å². The fourth-order valence-electron chi connectivity index (χ4n) is 1.33. The number of nitrogens with one attached hydrogen (secondary N) is 1. The summed E-state index contributed by atoms with van der Waals surface area (Å²) in [6.07, 6.45) is -4.54. The van der Waals surface area contributed by atoms with Crippen molar-refractivity contribution in [2.75, 3.05) is 0 Å². The van der Waals surface area contributed by atoms with Gasteiger partial charge in [-0.15, -0.1) is 0 Å². The molecule has 0 bridgehead atoms. The average Bonchev–Trinajstić information content (AvgIpc) is 2.25. The predicted molar refractivity (Wildman–Crippen MR) is 60.4 cm³/mol. The van der Waals surface area contributed by atoms with Crippen LogP contribution < -0.4 is 11.3 Å². The van der Waals surface area contributed by atoms with Crippen LogP contribution in [0.25, 0.3) is 0 Å². The first kappa shape index (κ1) is 14.4. The highest BCUT2D eigenvalue weighted by Gasteiger charge is 2.31. The molecule has 0 radical (unpaired) electrons. The number of amidine groups is 1. The summed E-state index contributed by atoms with van der Waals surface area (Å²) >= 11 is 0. The Labute approximate surface area is 102 Å². The summed E-state index contributed by atoms with van der Waals surface area (Å²) in [6, 6.07) is 1.86. The van der Waals surface area contributed by atoms with Crippen molar-refractivity contribution < 1.29 is 17.6 Å². The van der Waals surface area contributed by atoms with Crippen molar-refractivity contribution in [2.45, 2.75) is 26.1 Å². The Bertz CT molecular complexity index is 452. The van der Waals surface area contributed by atoms with Crippen LogP contribution in [0.15, 0.2) is 23.2 Å². The normalized spacial score (nSPS) is 13.0. The van der Waals surface area contributed by atoms with Gasteiger partial charge in [-0.2, -0.15) is 13.2 Å². The molecule has 100 valence electrons. The maximum absolute atomic E-state index is 13.5. The van der Waals surface area contributed by atoms with Gasteiger partial charge in [0.05, 0.1) is 11.1 Å². The highest BCUT2D eigenvalue weighted by atomic mass is 19.4. The molecular formula is C11H13F4N3. The summed E-state index contributed by atoms with van der Waals surface area (Å²) in [4.78, 5) is 3.92. The van der Waals surface area contributed by atoms with Gasteiger partial charge in [0.25, 0.3) is 0 Å². The quantitative estimate of drug-likeness (QED) is 0.283. The molecule has 1 rings (SSSR count). The SMILES string of the molecule is CC(C)N=C(NN)c1cc(C(F)(F)F)ccc1F. The van der Waals surface area contributed by atoms with Crippen LogP contribution in [0.3, 0.4) is 0 Å². The van der Waals surface area contributed by atoms with E-state index >= 15 is 0 Å². The number of benzene rings is 1. The number of nitrogens with zero attached hydrogens (tertiary/aromatic N) is 1. The number of hydrogen-bond acceptors (Lipinski definition) is 2. The van der Waals surface area contributed by atoms with Crippen molar-refractivity contribution in [1.82, 2.24) is 5.43 Å². The van der Waals surface area contributed by atoms with Crippen LogP contribution in [0, 0.1) is 5.82 Å². The van der Waals surface area contributed by atoms with Gasteiger partial charge in [0.15, 0.2) is 0 Å². The molecule has 0 aliphatic heterocycles. The number of alkyl halides is 3. The number of rotatable bonds is 2. The molecule has 0 aliphatic carbocycles. The van der Waals surface area contributed by atoms with E-state index in [1.807, 2.05) is 0 Å². The summed E-state index contributed by atoms with van der Waals surface area (Å²) in [5.74, 6) is 4.22. The third-order valence-corrected chi connectivity index (χ3v) is 2.07. The van der Waals surface area contributed by atoms with Crippen molar-refractivity contribution in [3.8, 4) is 0 Å². The number of aliphatic imine (C=N–C) groups is 1. The lowest BCUT2D eigenvalue weighted by Gasteiger charge is -2.12. The van der Waals surface area contributed by atoms with E-state index < -0.39 is 17.6 Å². The van der Waals surface area contributed by atoms with Crippen LogP contribution >= 0.6 is 0 Å². The van der Waals surface area contributed by atoms with E-state index in [-0.39, 0.29) is 17.4 Å². The lowest BCUT2D eigenvalue weighted by atomic mass is 10.1. The maximum Gasteiger partial charge on any atom is 0.416 e. The molecule has 0 heterocycles. The first-order valence-electron chi connectivity index (χ1n) is 5.17. The van der Waals surface area contributed by atoms with Crippen LogP contribution in [-0.2, 0) is 6.18 Å². The highest BCUT2D eigenvalue weighted by Crippen LogP contribution is 2.30. The zero-order valence-corrected chi connectivity index (χ0v) is 9.85. The monoisotopic (exact) mass is 263 g/mol. The molecule has 0 amide bonds. The topological polar surface area (TPSA) is 50.4 Å². The molecule has 0 spiro atoms. The van der Waals surface area contributed by atoms with Gasteiger partial charge in [-0.25, -0.2) is 10.2 Å². The zero-order valence-electron chi connectivity index (χ0n) is 9.85. The van der Waals surface area contributed by atoms with Crippen LogP contribution in [0.1, 0.15) is 25.0 Å². The molecule has 3 N–H and O–H groups in total. The summed E-state index contributed by atoms with van der Waals surface area (Å²) in [5, 5.41) is 0. The molecule has 7 heteroatoms. The third-order valence-electron chi connectivity index (χ3n) is 2.07. The Kier molecular flexibility index (Phi) is 4.28. The van der Waals surface area contributed by atoms with Gasteiger partial charge < -0.3 is 5.43 Å². The molecule has 0 fully saturated rings. The van der Waals surface area contributed by atoms with Crippen molar-refractivity contribution >= 4 is 5.84 Å². The second kappa shape index (κ2) is 5.34. The van der Waals surface area contributed by atoms with Gasteiger partial charge in [-0.05, 0) is 32.0 Å². The largest absolute Gasteiger partial charge is 0.416 e. The zero-order chi connectivity index (χ0) is 13.9. The molecule has 0 saturated carbocycles. The maximum atomic E-state index is 13.5. The highest BCUT2D eigenvalue weighted by molar-refractivity contribution is 5.98. The van der Waals surface area contributed by atoms with Gasteiger partial charge in [-0.1, -0.05) is 0 Å². The molecular weight excluding hydrogens is 250 g/mol. The van der Waals surface area contributed by atoms with E-state index in [2.05, 4.69) is 10.4 Å². The Morgan fingerprint density at radius 1 is 1.33 bits per heavy atom. The predicted octanol–water partition coefficient (Wildman–Crippen LogP) is 2.46. The molecule has 3 nitrogen and oxygen atoms in total. The molecule has 0 unspecified atom stereocenters. The number of halogens is 4. The summed E-state index contributed by atoms with van der Waals surface area (Å²) in [6.45, 7) is 3.39. The standard InChI is InChI=1S/C11H13F4N3/c1-6(2)17-10(18-16)8-5-7(11(13,14)15)3-4-9(8)12/h3-6H,16H2,1-2H3,(H,17,18). The van der Waals surface area contributed by atoms with Crippen LogP contribution in [-0.4, -0.2) is 11.9 Å². The molecule has 0 aromatic heterocycles. The molecule has 0 aliphatic rings. The third kappa shape index (κ3) is 3.43. The van der Waals surface area contributed by atoms with Gasteiger partial charge in [0.1, 0.15) is 11.7 Å². The van der Waals surface area contributed by atoms with Crippen molar-refractivity contribution in [3.05, 3.63) is 35.1 Å². The first-order chi connectivity index (χ1) is 8.25. The minimum absolute atomic E-state index is 0.117. The van der Waals surface area contributed by atoms with E-state index in [4.69, 9.17) is 5.84 Å². The van der Waals surface area contributed by atoms with E-state index in [1.54, 1.807) is 13.8 Å². The van der Waals surface area contributed by atoms with E-state index in [0.717, 1.165) is 6.07 Å². The lowest BCUT2D eigenvalue weighted by molar-refractivity contribution is -0.137. The molecule has 0 atom stereocenters. The average molecular weight is 263 g/mol. The second-order valence-corrected chi connectivity index (χ2v) is 3.91. The second-order valence-electron chi connectivity index (χ2n) is 3.91. The Hall–Kier alpha value is -1.63. The molecule has 0 saturated heterocycles. The summed E-state index contributed by atoms with van der Waals surface area (Å²) in [5.41, 5.74) is 0.854. The van der Waals surface area contributed by atoms with Gasteiger partial charge in [-0.3, -0.25) is 4.99 Å². The van der Waals surface area contributed by atoms with E-state index in [0.29, 0.717) is 12.1 Å². The summed E-state index contributed by atoms with van der Waals surface area (Å²) < 4.78 is 51.0. The fraction of sp³-hybridized carbons (Fsp3) is 0.364. The van der Waals surface area contributed by atoms with Crippen molar-refractivity contribution in [1.29, 1.82) is 0 Å². The minimum Gasteiger partial charge on any atom is -0.308 e. The van der Waals surface area contributed by atoms with E-state index in [1.165, 1.54) is 0 Å². The van der Waals surface area contributed by atoms with Crippen LogP contribution in [0.2, 0.25) is 0 Å². The number of nitrogens with two attached hydrogens (primary N) is 1. The Morgan fingerprint density at radius 2 is 1.94 bits per heavy atom. The van der Waals surface area contributed by atoms with Crippen LogP contribution in [0.5, 0.6) is 0 Å². The fourth-order valence-corrected chi connectivity index (χ4v) is 1.33. The molecule has 1 aromatic rings. The van der Waals surface area contributed by atoms with Crippen LogP contribution in [0.4, 0.5) is 17.6 Å². The minimum atomic E-state index is -4.54. The molecule has 18 heavy (non-hydrogen) atoms. The Balaban J connectivity index is 3.30. The van der Waals surface area contributed by atoms with Gasteiger partial charge in [0.2, 0.25) is 0 Å². The van der Waals surface area contributed by atoms with Crippen molar-refractivity contribution in [2.24, 2.45) is 10.8 Å². The number of hydrazine groups is 1. The number of hydrogen-bond donors (Lipinski definition) is 2. The molecule has 1 aromatic carbocycles. The first-order valence-corrected chi connectivity index (χ1v) is 5.17.